The predicted molar refractivity (Wildman–Crippen MR) is 112 cm³/mol. The van der Waals surface area contributed by atoms with Crippen molar-refractivity contribution in [2.24, 2.45) is 0 Å². The highest BCUT2D eigenvalue weighted by atomic mass is 35.5. The number of nitrogens with one attached hydrogen (secondary N) is 1. The van der Waals surface area contributed by atoms with Gasteiger partial charge in [-0.1, -0.05) is 47.8 Å². The van der Waals surface area contributed by atoms with E-state index in [0.29, 0.717) is 27.6 Å². The molecule has 2 aromatic carbocycles. The van der Waals surface area contributed by atoms with Crippen LogP contribution in [0.15, 0.2) is 52.1 Å². The Morgan fingerprint density at radius 1 is 1.07 bits per heavy atom. The van der Waals surface area contributed by atoms with Gasteiger partial charge in [-0.15, -0.1) is 0 Å². The summed E-state index contributed by atoms with van der Waals surface area (Å²) in [5, 5.41) is 1.48. The fourth-order valence-electron chi connectivity index (χ4n) is 3.85. The second-order valence-electron chi connectivity index (χ2n) is 7.08. The van der Waals surface area contributed by atoms with E-state index in [1.807, 2.05) is 12.1 Å². The monoisotopic (exact) mass is 418 g/mol. The number of para-hydroxylation sites is 1. The van der Waals surface area contributed by atoms with Gasteiger partial charge in [0.05, 0.1) is 33.6 Å². The molecule has 0 radical (unpaired) electrons. The third kappa shape index (κ3) is 3.75. The molecule has 0 amide bonds. The maximum Gasteiger partial charge on any atom is 0.328 e. The molecule has 0 aliphatic carbocycles. The molecular weight excluding hydrogens is 399 g/mol. The Hall–Kier alpha value is -2.08. The van der Waals surface area contributed by atoms with Crippen LogP contribution in [-0.4, -0.2) is 22.3 Å². The standard InChI is InChI=1S/C21H20Cl2N2O3/c22-16-9-8-13(11-17(16)23)14-5-3-4-10-28-19(14)12-25-20(26)15-6-1-2-7-18(15)24-21(25)27/h1-2,6-9,11,14,19H,3-5,10,12H2,(H,24,27)/t14?,19-/m0/s1. The van der Waals surface area contributed by atoms with Crippen LogP contribution in [0.4, 0.5) is 0 Å². The highest BCUT2D eigenvalue weighted by Gasteiger charge is 2.28. The Balaban J connectivity index is 1.74. The molecule has 0 bridgehead atoms. The first-order chi connectivity index (χ1) is 13.5. The molecule has 1 unspecified atom stereocenters. The van der Waals surface area contributed by atoms with E-state index in [0.717, 1.165) is 24.8 Å². The van der Waals surface area contributed by atoms with Crippen molar-refractivity contribution in [3.8, 4) is 0 Å². The van der Waals surface area contributed by atoms with Gasteiger partial charge in [0.25, 0.3) is 5.56 Å². The molecule has 3 aromatic rings. The molecule has 2 heterocycles. The van der Waals surface area contributed by atoms with E-state index in [4.69, 9.17) is 27.9 Å². The van der Waals surface area contributed by atoms with Crippen LogP contribution in [0.2, 0.25) is 10.0 Å². The zero-order valence-electron chi connectivity index (χ0n) is 15.2. The lowest BCUT2D eigenvalue weighted by Crippen LogP contribution is -2.40. The fourth-order valence-corrected chi connectivity index (χ4v) is 4.16. The number of hydrogen-bond acceptors (Lipinski definition) is 3. The van der Waals surface area contributed by atoms with Crippen LogP contribution in [0, 0.1) is 0 Å². The highest BCUT2D eigenvalue weighted by molar-refractivity contribution is 6.42. The van der Waals surface area contributed by atoms with Crippen LogP contribution < -0.4 is 11.2 Å². The molecule has 1 aliphatic rings. The zero-order valence-corrected chi connectivity index (χ0v) is 16.7. The molecule has 1 aliphatic heterocycles. The minimum atomic E-state index is -0.426. The van der Waals surface area contributed by atoms with Gasteiger partial charge < -0.3 is 9.72 Å². The molecule has 5 nitrogen and oxygen atoms in total. The minimum absolute atomic E-state index is 0.0232. The number of ether oxygens (including phenoxy) is 1. The van der Waals surface area contributed by atoms with Gasteiger partial charge in [-0.25, -0.2) is 4.79 Å². The quantitative estimate of drug-likeness (QED) is 0.687. The highest BCUT2D eigenvalue weighted by Crippen LogP contribution is 2.34. The van der Waals surface area contributed by atoms with Gasteiger partial charge in [0.2, 0.25) is 0 Å². The van der Waals surface area contributed by atoms with E-state index in [1.54, 1.807) is 30.3 Å². The number of benzene rings is 2. The molecule has 1 saturated heterocycles. The first kappa shape index (κ1) is 19.2. The molecular formula is C21H20Cl2N2O3. The van der Waals surface area contributed by atoms with E-state index in [2.05, 4.69) is 4.98 Å². The average molecular weight is 419 g/mol. The molecule has 1 fully saturated rings. The summed E-state index contributed by atoms with van der Waals surface area (Å²) in [6, 6.07) is 12.6. The van der Waals surface area contributed by atoms with Crippen molar-refractivity contribution >= 4 is 34.1 Å². The largest absolute Gasteiger partial charge is 0.376 e. The Labute approximate surface area is 171 Å². The van der Waals surface area contributed by atoms with E-state index < -0.39 is 5.69 Å². The van der Waals surface area contributed by atoms with Crippen molar-refractivity contribution < 1.29 is 4.74 Å². The lowest BCUT2D eigenvalue weighted by Gasteiger charge is -2.26. The zero-order chi connectivity index (χ0) is 19.7. The molecule has 4 rings (SSSR count). The molecule has 7 heteroatoms. The summed E-state index contributed by atoms with van der Waals surface area (Å²) in [4.78, 5) is 28.3. The molecule has 0 spiro atoms. The summed E-state index contributed by atoms with van der Waals surface area (Å²) in [5.41, 5.74) is 0.813. The number of hydrogen-bond donors (Lipinski definition) is 1. The summed E-state index contributed by atoms with van der Waals surface area (Å²) >= 11 is 12.3. The van der Waals surface area contributed by atoms with Crippen molar-refractivity contribution in [2.75, 3.05) is 6.61 Å². The Morgan fingerprint density at radius 2 is 1.89 bits per heavy atom. The second-order valence-corrected chi connectivity index (χ2v) is 7.89. The lowest BCUT2D eigenvalue weighted by atomic mass is 9.89. The van der Waals surface area contributed by atoms with Crippen LogP contribution in [0.25, 0.3) is 10.9 Å². The third-order valence-electron chi connectivity index (χ3n) is 5.31. The maximum atomic E-state index is 12.9. The van der Waals surface area contributed by atoms with Gasteiger partial charge in [0.15, 0.2) is 0 Å². The number of aromatic amines is 1. The normalized spacial score (nSPS) is 20.2. The summed E-state index contributed by atoms with van der Waals surface area (Å²) in [5.74, 6) is 0.0232. The first-order valence-electron chi connectivity index (χ1n) is 9.33. The first-order valence-corrected chi connectivity index (χ1v) is 10.1. The van der Waals surface area contributed by atoms with Crippen molar-refractivity contribution in [2.45, 2.75) is 37.8 Å². The van der Waals surface area contributed by atoms with Gasteiger partial charge in [0, 0.05) is 12.5 Å². The van der Waals surface area contributed by atoms with Gasteiger partial charge in [-0.3, -0.25) is 9.36 Å². The Bertz CT molecular complexity index is 1120. The number of rotatable bonds is 3. The molecule has 0 saturated carbocycles. The smallest absolute Gasteiger partial charge is 0.328 e. The Morgan fingerprint density at radius 3 is 2.71 bits per heavy atom. The Kier molecular flexibility index (Phi) is 5.58. The van der Waals surface area contributed by atoms with Crippen molar-refractivity contribution in [3.63, 3.8) is 0 Å². The summed E-state index contributed by atoms with van der Waals surface area (Å²) in [6.45, 7) is 0.784. The lowest BCUT2D eigenvalue weighted by molar-refractivity contribution is 0.0326. The van der Waals surface area contributed by atoms with Crippen molar-refractivity contribution in [1.29, 1.82) is 0 Å². The van der Waals surface area contributed by atoms with Gasteiger partial charge in [0.1, 0.15) is 0 Å². The number of halogens is 2. The van der Waals surface area contributed by atoms with E-state index in [9.17, 15) is 9.59 Å². The maximum absolute atomic E-state index is 12.9. The summed E-state index contributed by atoms with van der Waals surface area (Å²) in [7, 11) is 0. The molecule has 1 aromatic heterocycles. The summed E-state index contributed by atoms with van der Waals surface area (Å²) < 4.78 is 7.32. The van der Waals surface area contributed by atoms with Crippen LogP contribution >= 0.6 is 23.2 Å². The minimum Gasteiger partial charge on any atom is -0.376 e. The molecule has 146 valence electrons. The van der Waals surface area contributed by atoms with E-state index in [-0.39, 0.29) is 24.1 Å². The summed E-state index contributed by atoms with van der Waals surface area (Å²) in [6.07, 6.45) is 2.53. The number of fused-ring (bicyclic) bond motifs is 1. The number of nitrogens with zero attached hydrogens (tertiary/aromatic N) is 1. The van der Waals surface area contributed by atoms with Gasteiger partial charge >= 0.3 is 5.69 Å². The predicted octanol–water partition coefficient (Wildman–Crippen LogP) is 4.35. The fraction of sp³-hybridized carbons (Fsp3) is 0.333. The average Bonchev–Trinajstić information content (AvgIpc) is 2.93. The number of aromatic nitrogens is 2. The van der Waals surface area contributed by atoms with Crippen LogP contribution in [-0.2, 0) is 11.3 Å². The van der Waals surface area contributed by atoms with Gasteiger partial charge in [-0.05, 0) is 42.7 Å². The van der Waals surface area contributed by atoms with E-state index >= 15 is 0 Å². The number of H-pyrrole nitrogens is 1. The second kappa shape index (κ2) is 8.11. The van der Waals surface area contributed by atoms with Gasteiger partial charge in [-0.2, -0.15) is 0 Å². The van der Waals surface area contributed by atoms with E-state index in [1.165, 1.54) is 4.57 Å². The SMILES string of the molecule is O=c1[nH]c2ccccc2c(=O)n1C[C@@H]1OCCCCC1c1ccc(Cl)c(Cl)c1. The van der Waals surface area contributed by atoms with Crippen molar-refractivity contribution in [3.05, 3.63) is 78.9 Å². The topological polar surface area (TPSA) is 64.1 Å². The van der Waals surface area contributed by atoms with Crippen molar-refractivity contribution in [1.82, 2.24) is 9.55 Å². The molecule has 28 heavy (non-hydrogen) atoms. The van der Waals surface area contributed by atoms with Crippen LogP contribution in [0.5, 0.6) is 0 Å². The van der Waals surface area contributed by atoms with Crippen LogP contribution in [0.1, 0.15) is 30.7 Å². The van der Waals surface area contributed by atoms with Crippen LogP contribution in [0.3, 0.4) is 0 Å². The molecule has 1 N–H and O–H groups in total. The third-order valence-corrected chi connectivity index (χ3v) is 6.05. The molecule has 2 atom stereocenters.